The lowest BCUT2D eigenvalue weighted by molar-refractivity contribution is -0.384. The molecule has 4 N–H and O–H groups in total. The number of ether oxygens (including phenoxy) is 1. The zero-order valence-electron chi connectivity index (χ0n) is 17.2. The molecule has 0 bridgehead atoms. The largest absolute Gasteiger partial charge is 0.497 e. The number of nitro benzene ring substituents is 2. The van der Waals surface area contributed by atoms with Crippen LogP contribution in [-0.2, 0) is 4.74 Å². The molecule has 164 valence electrons. The van der Waals surface area contributed by atoms with E-state index >= 15 is 0 Å². The molecule has 0 aliphatic rings. The van der Waals surface area contributed by atoms with E-state index in [0.29, 0.717) is 54.2 Å². The van der Waals surface area contributed by atoms with Gasteiger partial charge in [0.25, 0.3) is 11.4 Å². The second kappa shape index (κ2) is 10.6. The highest BCUT2D eigenvalue weighted by molar-refractivity contribution is 5.71. The first-order valence-corrected chi connectivity index (χ1v) is 9.47. The van der Waals surface area contributed by atoms with Gasteiger partial charge in [0.05, 0.1) is 17.0 Å². The van der Waals surface area contributed by atoms with E-state index < -0.39 is 9.85 Å². The molecule has 2 rings (SSSR count). The summed E-state index contributed by atoms with van der Waals surface area (Å²) >= 11 is 0. The van der Waals surface area contributed by atoms with Crippen molar-refractivity contribution in [2.75, 3.05) is 30.8 Å². The number of hydrogen-bond acceptors (Lipinski definition) is 8. The van der Waals surface area contributed by atoms with Crippen LogP contribution in [-0.4, -0.2) is 30.0 Å². The van der Waals surface area contributed by atoms with Gasteiger partial charge < -0.3 is 21.1 Å². The molecule has 10 nitrogen and oxygen atoms in total. The van der Waals surface area contributed by atoms with Crippen LogP contribution in [0.3, 0.4) is 0 Å². The molecule has 2 aromatic rings. The molecule has 0 fully saturated rings. The topological polar surface area (TPSA) is 146 Å². The predicted octanol–water partition coefficient (Wildman–Crippen LogP) is 4.35. The van der Waals surface area contributed by atoms with Crippen LogP contribution in [0.5, 0.6) is 0 Å². The average Bonchev–Trinajstić information content (AvgIpc) is 2.75. The van der Waals surface area contributed by atoms with Gasteiger partial charge in [-0.2, -0.15) is 0 Å². The Morgan fingerprint density at radius 3 is 1.81 bits per heavy atom. The monoisotopic (exact) mass is 427 g/mol. The van der Waals surface area contributed by atoms with Gasteiger partial charge in [-0.05, 0) is 31.0 Å². The molecule has 0 amide bonds. The van der Waals surface area contributed by atoms with Crippen LogP contribution in [0.15, 0.2) is 49.6 Å². The van der Waals surface area contributed by atoms with Crippen LogP contribution in [0.4, 0.5) is 22.7 Å². The van der Waals surface area contributed by atoms with Crippen LogP contribution in [0.25, 0.3) is 11.5 Å². The van der Waals surface area contributed by atoms with E-state index in [0.717, 1.165) is 0 Å². The van der Waals surface area contributed by atoms with Gasteiger partial charge in [0, 0.05) is 42.0 Å². The maximum absolute atomic E-state index is 11.3. The van der Waals surface area contributed by atoms with Crippen molar-refractivity contribution in [1.82, 2.24) is 0 Å². The Hall–Kier alpha value is -4.08. The van der Waals surface area contributed by atoms with Crippen molar-refractivity contribution in [3.63, 3.8) is 0 Å². The third-order valence-corrected chi connectivity index (χ3v) is 4.56. The molecule has 0 aliphatic carbocycles. The molecule has 0 heterocycles. The lowest BCUT2D eigenvalue weighted by Gasteiger charge is -2.11. The van der Waals surface area contributed by atoms with Gasteiger partial charge in [0.1, 0.15) is 17.1 Å². The molecule has 0 aromatic heterocycles. The van der Waals surface area contributed by atoms with Crippen molar-refractivity contribution in [3.8, 4) is 0 Å². The zero-order chi connectivity index (χ0) is 23.0. The first-order chi connectivity index (χ1) is 14.7. The number of unbranched alkanes of at least 4 members (excludes halogenated alkanes) is 1. The minimum atomic E-state index is -0.475. The number of methoxy groups -OCH3 is 1. The normalized spacial score (nSPS) is 10.2. The quantitative estimate of drug-likeness (QED) is 0.196. The minimum Gasteiger partial charge on any atom is -0.497 e. The Morgan fingerprint density at radius 1 is 0.935 bits per heavy atom. The highest BCUT2D eigenvalue weighted by atomic mass is 16.6. The lowest BCUT2D eigenvalue weighted by Crippen LogP contribution is -2.09. The van der Waals surface area contributed by atoms with Crippen molar-refractivity contribution in [2.24, 2.45) is 5.73 Å². The van der Waals surface area contributed by atoms with Crippen molar-refractivity contribution in [3.05, 3.63) is 80.9 Å². The summed E-state index contributed by atoms with van der Waals surface area (Å²) in [6, 6.07) is 9.37. The summed E-state index contributed by atoms with van der Waals surface area (Å²) in [6.07, 6.45) is 1.39. The first-order valence-electron chi connectivity index (χ1n) is 9.47. The first kappa shape index (κ1) is 23.2. The Labute approximate surface area is 179 Å². The number of nitrogens with one attached hydrogen (secondary N) is 2. The summed E-state index contributed by atoms with van der Waals surface area (Å²) in [5, 5.41) is 28.7. The Kier molecular flexibility index (Phi) is 7.95. The molecule has 31 heavy (non-hydrogen) atoms. The summed E-state index contributed by atoms with van der Waals surface area (Å²) in [4.78, 5) is 21.7. The lowest BCUT2D eigenvalue weighted by atomic mass is 10.1. The molecular formula is C21H25N5O5. The van der Waals surface area contributed by atoms with E-state index in [-0.39, 0.29) is 17.1 Å². The SMILES string of the molecule is C=C(N)c1ccc(NCCCCNc2ccc(C(=C)OC)cc2[N+](=O)[O-])c([N+](=O)[O-])c1. The van der Waals surface area contributed by atoms with Gasteiger partial charge in [0.2, 0.25) is 0 Å². The van der Waals surface area contributed by atoms with Gasteiger partial charge >= 0.3 is 0 Å². The molecule has 0 aliphatic heterocycles. The fraction of sp³-hybridized carbons (Fsp3) is 0.238. The maximum atomic E-state index is 11.3. The van der Waals surface area contributed by atoms with Crippen molar-refractivity contribution >= 4 is 34.2 Å². The minimum absolute atomic E-state index is 0.0639. The second-order valence-corrected chi connectivity index (χ2v) is 6.69. The van der Waals surface area contributed by atoms with Gasteiger partial charge in [-0.1, -0.05) is 19.2 Å². The van der Waals surface area contributed by atoms with E-state index in [4.69, 9.17) is 10.5 Å². The zero-order valence-corrected chi connectivity index (χ0v) is 17.2. The standard InChI is InChI=1S/C21H25N5O5/c1-14(22)16-6-8-18(20(12-16)25(27)28)23-10-4-5-11-24-19-9-7-17(15(2)31-3)13-21(19)26(29)30/h6-9,12-13,23-24H,1-2,4-5,10-11,22H2,3H3. The Morgan fingerprint density at radius 2 is 1.39 bits per heavy atom. The predicted molar refractivity (Wildman–Crippen MR) is 122 cm³/mol. The molecule has 0 saturated carbocycles. The molecule has 2 aromatic carbocycles. The fourth-order valence-corrected chi connectivity index (χ4v) is 2.85. The number of benzene rings is 2. The van der Waals surface area contributed by atoms with Crippen LogP contribution in [0.1, 0.15) is 24.0 Å². The molecule has 10 heteroatoms. The van der Waals surface area contributed by atoms with Crippen molar-refractivity contribution in [1.29, 1.82) is 0 Å². The maximum Gasteiger partial charge on any atom is 0.293 e. The van der Waals surface area contributed by atoms with E-state index in [1.54, 1.807) is 24.3 Å². The Bertz CT molecular complexity index is 1010. The van der Waals surface area contributed by atoms with E-state index in [9.17, 15) is 20.2 Å². The van der Waals surface area contributed by atoms with Gasteiger partial charge in [-0.15, -0.1) is 0 Å². The highest BCUT2D eigenvalue weighted by Gasteiger charge is 2.16. The number of anilines is 2. The van der Waals surface area contributed by atoms with Crippen molar-refractivity contribution in [2.45, 2.75) is 12.8 Å². The highest BCUT2D eigenvalue weighted by Crippen LogP contribution is 2.29. The number of nitrogens with two attached hydrogens (primary N) is 1. The van der Waals surface area contributed by atoms with E-state index in [1.165, 1.54) is 19.2 Å². The third-order valence-electron chi connectivity index (χ3n) is 4.56. The summed E-state index contributed by atoms with van der Waals surface area (Å²) in [5.74, 6) is 0.346. The van der Waals surface area contributed by atoms with Crippen molar-refractivity contribution < 1.29 is 14.6 Å². The van der Waals surface area contributed by atoms with Gasteiger partial charge in [0.15, 0.2) is 0 Å². The van der Waals surface area contributed by atoms with Gasteiger partial charge in [-0.3, -0.25) is 20.2 Å². The second-order valence-electron chi connectivity index (χ2n) is 6.69. The molecule has 0 unspecified atom stereocenters. The molecular weight excluding hydrogens is 402 g/mol. The molecule has 0 radical (unpaired) electrons. The van der Waals surface area contributed by atoms with Crippen LogP contribution in [0.2, 0.25) is 0 Å². The van der Waals surface area contributed by atoms with Crippen LogP contribution < -0.4 is 16.4 Å². The summed E-state index contributed by atoms with van der Waals surface area (Å²) in [5.41, 5.74) is 7.56. The Balaban J connectivity index is 1.89. The summed E-state index contributed by atoms with van der Waals surface area (Å²) in [7, 11) is 1.45. The summed E-state index contributed by atoms with van der Waals surface area (Å²) < 4.78 is 5.02. The smallest absolute Gasteiger partial charge is 0.293 e. The number of nitrogens with zero attached hydrogens (tertiary/aromatic N) is 2. The van der Waals surface area contributed by atoms with Crippen LogP contribution in [0, 0.1) is 20.2 Å². The molecule has 0 saturated heterocycles. The molecule has 0 spiro atoms. The fourth-order valence-electron chi connectivity index (χ4n) is 2.85. The van der Waals surface area contributed by atoms with E-state index in [2.05, 4.69) is 23.8 Å². The third kappa shape index (κ3) is 6.20. The molecule has 0 atom stereocenters. The average molecular weight is 427 g/mol. The van der Waals surface area contributed by atoms with Crippen LogP contribution >= 0.6 is 0 Å². The number of nitro groups is 2. The number of rotatable bonds is 12. The van der Waals surface area contributed by atoms with E-state index in [1.807, 2.05) is 0 Å². The number of hydrogen-bond donors (Lipinski definition) is 3. The summed E-state index contributed by atoms with van der Waals surface area (Å²) in [6.45, 7) is 8.29. The van der Waals surface area contributed by atoms with Gasteiger partial charge in [-0.25, -0.2) is 0 Å².